The zero-order valence-corrected chi connectivity index (χ0v) is 28.9. The Labute approximate surface area is 287 Å². The summed E-state index contributed by atoms with van der Waals surface area (Å²) >= 11 is 0. The van der Waals surface area contributed by atoms with Crippen LogP contribution in [0.25, 0.3) is 22.3 Å². The van der Waals surface area contributed by atoms with Crippen LogP contribution in [0.4, 0.5) is 0 Å². The maximum atomic E-state index is 6.34. The molecule has 0 spiro atoms. The Morgan fingerprint density at radius 2 is 0.917 bits per heavy atom. The number of hydrogen-bond donors (Lipinski definition) is 0. The molecule has 0 N–H and O–H groups in total. The molecule has 0 bridgehead atoms. The summed E-state index contributed by atoms with van der Waals surface area (Å²) in [5, 5.41) is 0. The highest BCUT2D eigenvalue weighted by atomic mass is 16.5. The van der Waals surface area contributed by atoms with E-state index in [1.54, 1.807) is 7.11 Å². The lowest BCUT2D eigenvalue weighted by molar-refractivity contribution is 0.414. The number of fused-ring (bicyclic) bond motifs is 3. The molecule has 1 aliphatic carbocycles. The van der Waals surface area contributed by atoms with E-state index < -0.39 is 5.41 Å². The molecule has 48 heavy (non-hydrogen) atoms. The summed E-state index contributed by atoms with van der Waals surface area (Å²) in [4.78, 5) is 0. The fourth-order valence-corrected chi connectivity index (χ4v) is 6.73. The van der Waals surface area contributed by atoms with Crippen molar-refractivity contribution in [2.24, 2.45) is 0 Å². The number of benzene rings is 6. The van der Waals surface area contributed by atoms with Gasteiger partial charge in [0.05, 0.1) is 12.5 Å². The van der Waals surface area contributed by atoms with E-state index in [1.807, 2.05) is 12.1 Å². The van der Waals surface area contributed by atoms with Gasteiger partial charge in [-0.1, -0.05) is 150 Å². The van der Waals surface area contributed by atoms with Crippen molar-refractivity contribution in [1.29, 1.82) is 0 Å². The van der Waals surface area contributed by atoms with Gasteiger partial charge in [0.25, 0.3) is 0 Å². The highest BCUT2D eigenvalue weighted by Crippen LogP contribution is 2.56. The third kappa shape index (κ3) is 6.28. The first kappa shape index (κ1) is 32.8. The van der Waals surface area contributed by atoms with Crippen molar-refractivity contribution < 1.29 is 9.47 Å². The number of rotatable bonds is 9. The number of ether oxygens (including phenoxy) is 2. The minimum absolute atomic E-state index is 0.454. The molecule has 0 fully saturated rings. The van der Waals surface area contributed by atoms with Gasteiger partial charge in [0.1, 0.15) is 17.2 Å². The summed E-state index contributed by atoms with van der Waals surface area (Å²) in [6, 6.07) is 52.0. The third-order valence-corrected chi connectivity index (χ3v) is 9.78. The van der Waals surface area contributed by atoms with Gasteiger partial charge in [0.2, 0.25) is 0 Å². The second-order valence-electron chi connectivity index (χ2n) is 12.7. The molecule has 1 atom stereocenters. The zero-order chi connectivity index (χ0) is 33.5. The van der Waals surface area contributed by atoms with E-state index in [0.29, 0.717) is 5.92 Å². The summed E-state index contributed by atoms with van der Waals surface area (Å²) in [6.07, 6.45) is 3.79. The molecule has 1 unspecified atom stereocenters. The van der Waals surface area contributed by atoms with Gasteiger partial charge in [0.15, 0.2) is 0 Å². The third-order valence-electron chi connectivity index (χ3n) is 9.78. The van der Waals surface area contributed by atoms with Crippen LogP contribution in [-0.2, 0) is 5.41 Å². The lowest BCUT2D eigenvalue weighted by atomic mass is 9.68. The molecule has 0 heterocycles. The van der Waals surface area contributed by atoms with E-state index >= 15 is 0 Å². The lowest BCUT2D eigenvalue weighted by Crippen LogP contribution is -2.28. The molecule has 0 saturated heterocycles. The second-order valence-corrected chi connectivity index (χ2v) is 12.7. The first-order chi connectivity index (χ1) is 23.5. The summed E-state index contributed by atoms with van der Waals surface area (Å²) in [5.74, 6) is 3.06. The molecule has 0 amide bonds. The topological polar surface area (TPSA) is 18.5 Å². The van der Waals surface area contributed by atoms with Crippen LogP contribution in [0.2, 0.25) is 0 Å². The van der Waals surface area contributed by atoms with Crippen LogP contribution in [0.5, 0.6) is 17.2 Å². The first-order valence-corrected chi connectivity index (χ1v) is 17.4. The zero-order valence-electron chi connectivity index (χ0n) is 28.9. The monoisotopic (exact) mass is 630 g/mol. The van der Waals surface area contributed by atoms with E-state index in [4.69, 9.17) is 9.47 Å². The van der Waals surface area contributed by atoms with Crippen LogP contribution in [0.3, 0.4) is 0 Å². The quantitative estimate of drug-likeness (QED) is 0.158. The molecule has 2 nitrogen and oxygen atoms in total. The standard InChI is InChI=1S/C42H36O2.C4H10/c1-4-29(2)30-13-15-31(16-14-30)32-17-23-36(24-18-32)44-37-27-21-34(22-28-37)42(33-19-25-35(43-3)26-20-33)40-11-7-5-9-38(40)39-10-6-8-12-41(39)42;1-3-4-2/h5-29H,4H2,1-3H3;3-4H2,1-2H3. The molecule has 6 aromatic carbocycles. The van der Waals surface area contributed by atoms with Crippen molar-refractivity contribution in [2.75, 3.05) is 7.11 Å². The van der Waals surface area contributed by atoms with Gasteiger partial charge in [-0.15, -0.1) is 0 Å². The molecule has 2 heteroatoms. The van der Waals surface area contributed by atoms with Crippen molar-refractivity contribution in [3.63, 3.8) is 0 Å². The van der Waals surface area contributed by atoms with Crippen LogP contribution in [0, 0.1) is 0 Å². The normalized spacial score (nSPS) is 13.0. The summed E-state index contributed by atoms with van der Waals surface area (Å²) in [7, 11) is 1.71. The second kappa shape index (κ2) is 14.8. The van der Waals surface area contributed by atoms with Gasteiger partial charge in [-0.3, -0.25) is 0 Å². The Balaban J connectivity index is 0.000000952. The van der Waals surface area contributed by atoms with Crippen LogP contribution in [0.15, 0.2) is 146 Å². The minimum atomic E-state index is -0.454. The highest BCUT2D eigenvalue weighted by molar-refractivity contribution is 5.86. The lowest BCUT2D eigenvalue weighted by Gasteiger charge is -2.34. The van der Waals surface area contributed by atoms with Crippen molar-refractivity contribution in [3.05, 3.63) is 173 Å². The van der Waals surface area contributed by atoms with Gasteiger partial charge in [-0.05, 0) is 98.8 Å². The van der Waals surface area contributed by atoms with Gasteiger partial charge in [0, 0.05) is 0 Å². The SMILES string of the molecule is CCC(C)c1ccc(-c2ccc(Oc3ccc(C4(c5ccc(OC)cc5)c5ccccc5-c5ccccc54)cc3)cc2)cc1.CCCC. The van der Waals surface area contributed by atoms with E-state index in [1.165, 1.54) is 62.9 Å². The molecule has 0 aromatic heterocycles. The van der Waals surface area contributed by atoms with E-state index in [9.17, 15) is 0 Å². The van der Waals surface area contributed by atoms with E-state index in [2.05, 4.69) is 161 Å². The number of methoxy groups -OCH3 is 1. The molecule has 6 aromatic rings. The van der Waals surface area contributed by atoms with Crippen molar-refractivity contribution in [2.45, 2.75) is 58.3 Å². The Morgan fingerprint density at radius 3 is 1.35 bits per heavy atom. The van der Waals surface area contributed by atoms with Gasteiger partial charge < -0.3 is 9.47 Å². The van der Waals surface area contributed by atoms with E-state index in [-0.39, 0.29) is 0 Å². The molecular formula is C46H46O2. The maximum absolute atomic E-state index is 6.34. The van der Waals surface area contributed by atoms with Crippen molar-refractivity contribution in [3.8, 4) is 39.5 Å². The average Bonchev–Trinajstić information content (AvgIpc) is 3.46. The fraction of sp³-hybridized carbons (Fsp3) is 0.217. The summed E-state index contributed by atoms with van der Waals surface area (Å²) in [5.41, 5.74) is 10.9. The Hall–Kier alpha value is -5.08. The highest BCUT2D eigenvalue weighted by Gasteiger charge is 2.45. The largest absolute Gasteiger partial charge is 0.497 e. The molecule has 0 saturated carbocycles. The number of unbranched alkanes of at least 4 members (excludes halogenated alkanes) is 1. The smallest absolute Gasteiger partial charge is 0.127 e. The Morgan fingerprint density at radius 1 is 0.500 bits per heavy atom. The summed E-state index contributed by atoms with van der Waals surface area (Å²) < 4.78 is 11.9. The Kier molecular flexibility index (Phi) is 10.1. The molecule has 0 radical (unpaired) electrons. The molecule has 0 aliphatic heterocycles. The predicted octanol–water partition coefficient (Wildman–Crippen LogP) is 12.8. The van der Waals surface area contributed by atoms with Crippen molar-refractivity contribution >= 4 is 0 Å². The van der Waals surface area contributed by atoms with Gasteiger partial charge in [-0.25, -0.2) is 0 Å². The minimum Gasteiger partial charge on any atom is -0.497 e. The molecule has 242 valence electrons. The fourth-order valence-electron chi connectivity index (χ4n) is 6.73. The molecule has 7 rings (SSSR count). The van der Waals surface area contributed by atoms with Crippen LogP contribution >= 0.6 is 0 Å². The molecule has 1 aliphatic rings. The predicted molar refractivity (Wildman–Crippen MR) is 202 cm³/mol. The summed E-state index contributed by atoms with van der Waals surface area (Å²) in [6.45, 7) is 8.87. The molecular weight excluding hydrogens is 585 g/mol. The van der Waals surface area contributed by atoms with Crippen LogP contribution < -0.4 is 9.47 Å². The first-order valence-electron chi connectivity index (χ1n) is 17.4. The van der Waals surface area contributed by atoms with Crippen LogP contribution in [-0.4, -0.2) is 7.11 Å². The van der Waals surface area contributed by atoms with Gasteiger partial charge >= 0.3 is 0 Å². The van der Waals surface area contributed by atoms with Gasteiger partial charge in [-0.2, -0.15) is 0 Å². The number of hydrogen-bond acceptors (Lipinski definition) is 2. The van der Waals surface area contributed by atoms with Crippen LogP contribution in [0.1, 0.15) is 80.7 Å². The van der Waals surface area contributed by atoms with E-state index in [0.717, 1.165) is 23.7 Å². The average molecular weight is 631 g/mol. The Bertz CT molecular complexity index is 1870. The maximum Gasteiger partial charge on any atom is 0.127 e. The van der Waals surface area contributed by atoms with Crippen molar-refractivity contribution in [1.82, 2.24) is 0 Å².